The highest BCUT2D eigenvalue weighted by molar-refractivity contribution is 5.93. The van der Waals surface area contributed by atoms with Crippen molar-refractivity contribution in [1.82, 2.24) is 19.6 Å². The minimum absolute atomic E-state index is 0.0296. The molecule has 1 aliphatic rings. The molecule has 1 aromatic carbocycles. The van der Waals surface area contributed by atoms with Crippen molar-refractivity contribution >= 4 is 34.8 Å². The third kappa shape index (κ3) is 6.42. The number of aromatic nitrogens is 4. The molecule has 0 aliphatic carbocycles. The lowest BCUT2D eigenvalue weighted by Gasteiger charge is -2.43. The summed E-state index contributed by atoms with van der Waals surface area (Å²) in [5.74, 6) is -6.19. The van der Waals surface area contributed by atoms with Crippen molar-refractivity contribution in [2.24, 2.45) is 0 Å². The summed E-state index contributed by atoms with van der Waals surface area (Å²) >= 11 is 0. The molecule has 0 bridgehead atoms. The highest BCUT2D eigenvalue weighted by atomic mass is 19.1. The maximum Gasteiger partial charge on any atom is 0.341 e. The summed E-state index contributed by atoms with van der Waals surface area (Å²) in [6.07, 6.45) is -4.00. The Bertz CT molecular complexity index is 1690. The Morgan fingerprint density at radius 2 is 1.61 bits per heavy atom. The van der Waals surface area contributed by atoms with Gasteiger partial charge in [-0.25, -0.2) is 18.3 Å². The number of rotatable bonds is 9. The predicted molar refractivity (Wildman–Crippen MR) is 141 cm³/mol. The maximum absolute atomic E-state index is 15.7. The summed E-state index contributed by atoms with van der Waals surface area (Å²) < 4.78 is 60.3. The van der Waals surface area contributed by atoms with Gasteiger partial charge in [-0.1, -0.05) is 5.21 Å². The van der Waals surface area contributed by atoms with E-state index >= 15 is 8.78 Å². The van der Waals surface area contributed by atoms with E-state index in [2.05, 4.69) is 10.3 Å². The monoisotopic (exact) mass is 622 g/mol. The van der Waals surface area contributed by atoms with Gasteiger partial charge < -0.3 is 33.4 Å². The number of carboxylic acid groups (broad SMARTS) is 1. The highest BCUT2D eigenvalue weighted by Crippen LogP contribution is 2.30. The second-order valence-electron chi connectivity index (χ2n) is 9.78. The molecule has 3 aromatic rings. The van der Waals surface area contributed by atoms with Crippen LogP contribution in [0.3, 0.4) is 0 Å². The molecule has 17 heteroatoms. The van der Waals surface area contributed by atoms with Crippen LogP contribution in [-0.2, 0) is 51.2 Å². The molecule has 1 saturated heterocycles. The van der Waals surface area contributed by atoms with E-state index < -0.39 is 94.9 Å². The van der Waals surface area contributed by atoms with Gasteiger partial charge in [-0.15, -0.1) is 5.10 Å². The summed E-state index contributed by atoms with van der Waals surface area (Å²) in [6.45, 7) is 6.10. The zero-order valence-electron chi connectivity index (χ0n) is 24.1. The molecule has 1 N–H and O–H groups in total. The molecule has 0 radical (unpaired) electrons. The predicted octanol–water partition coefficient (Wildman–Crippen LogP) is 1.63. The van der Waals surface area contributed by atoms with Crippen LogP contribution in [0.2, 0.25) is 0 Å². The first-order valence-corrected chi connectivity index (χ1v) is 13.2. The maximum atomic E-state index is 15.7. The number of carbonyl (C=O) groups excluding carboxylic acids is 3. The van der Waals surface area contributed by atoms with E-state index in [0.717, 1.165) is 43.9 Å². The van der Waals surface area contributed by atoms with Crippen LogP contribution in [0.15, 0.2) is 23.3 Å². The minimum Gasteiger partial charge on any atom is -0.477 e. The van der Waals surface area contributed by atoms with Crippen molar-refractivity contribution in [2.45, 2.75) is 78.5 Å². The molecule has 1 aliphatic heterocycles. The summed E-state index contributed by atoms with van der Waals surface area (Å²) in [5.41, 5.74) is -2.70. The van der Waals surface area contributed by atoms with E-state index in [-0.39, 0.29) is 17.8 Å². The van der Waals surface area contributed by atoms with Gasteiger partial charge in [-0.2, -0.15) is 0 Å². The van der Waals surface area contributed by atoms with Gasteiger partial charge in [0.05, 0.1) is 29.8 Å². The highest BCUT2D eigenvalue weighted by Gasteiger charge is 2.51. The first-order chi connectivity index (χ1) is 20.7. The van der Waals surface area contributed by atoms with E-state index in [1.165, 1.54) is 11.5 Å². The molecule has 0 unspecified atom stereocenters. The number of halogens is 2. The van der Waals surface area contributed by atoms with Crippen LogP contribution in [0, 0.1) is 11.6 Å². The average Bonchev–Trinajstić information content (AvgIpc) is 3.39. The fraction of sp³-hybridized carbons (Fsp3) is 0.444. The summed E-state index contributed by atoms with van der Waals surface area (Å²) in [5, 5.41) is 16.5. The molecule has 0 amide bonds. The van der Waals surface area contributed by atoms with Gasteiger partial charge in [-0.3, -0.25) is 19.2 Å². The first kappa shape index (κ1) is 32.2. The van der Waals surface area contributed by atoms with Crippen LogP contribution in [-0.4, -0.2) is 79.3 Å². The molecule has 5 atom stereocenters. The fourth-order valence-electron chi connectivity index (χ4n) is 4.83. The Kier molecular flexibility index (Phi) is 9.39. The van der Waals surface area contributed by atoms with Crippen LogP contribution in [0.25, 0.3) is 16.6 Å². The zero-order valence-corrected chi connectivity index (χ0v) is 24.1. The van der Waals surface area contributed by atoms with E-state index in [0.29, 0.717) is 0 Å². The molecule has 236 valence electrons. The molecule has 1 fully saturated rings. The fourth-order valence-corrected chi connectivity index (χ4v) is 4.83. The Morgan fingerprint density at radius 1 is 1.00 bits per heavy atom. The van der Waals surface area contributed by atoms with Crippen molar-refractivity contribution in [1.29, 1.82) is 0 Å². The average molecular weight is 623 g/mol. The van der Waals surface area contributed by atoms with E-state index in [1.807, 2.05) is 0 Å². The Labute approximate surface area is 247 Å². The summed E-state index contributed by atoms with van der Waals surface area (Å²) in [4.78, 5) is 59.5. The van der Waals surface area contributed by atoms with Gasteiger partial charge in [0.2, 0.25) is 5.43 Å². The molecular weight excluding hydrogens is 594 g/mol. The number of carboxylic acids is 1. The van der Waals surface area contributed by atoms with Crippen molar-refractivity contribution in [2.75, 3.05) is 0 Å². The SMILES string of the molecule is CCn1cc(C(=O)O)c(=O)c2cc(F)c(-n3cc(CO[C@H]4O[C@@H](C)[C@H](OC(C)=O)[C@@H](OC(C)=O)[C@H]4OC(C)=O)nn3)c(F)c21. The molecule has 4 rings (SSSR count). The molecule has 3 heterocycles. The van der Waals surface area contributed by atoms with Gasteiger partial charge in [0.25, 0.3) is 0 Å². The second kappa shape index (κ2) is 12.8. The van der Waals surface area contributed by atoms with Crippen molar-refractivity contribution in [3.63, 3.8) is 0 Å². The first-order valence-electron chi connectivity index (χ1n) is 13.2. The van der Waals surface area contributed by atoms with E-state index in [4.69, 9.17) is 23.7 Å². The number of nitrogens with zero attached hydrogens (tertiary/aromatic N) is 4. The third-order valence-electron chi connectivity index (χ3n) is 6.60. The van der Waals surface area contributed by atoms with Crippen LogP contribution >= 0.6 is 0 Å². The Morgan fingerprint density at radius 3 is 2.20 bits per heavy atom. The zero-order chi connectivity index (χ0) is 32.5. The number of aromatic carboxylic acids is 1. The molecule has 44 heavy (non-hydrogen) atoms. The summed E-state index contributed by atoms with van der Waals surface area (Å²) in [6, 6.07) is 0.724. The number of hydrogen-bond donors (Lipinski definition) is 1. The van der Waals surface area contributed by atoms with Crippen LogP contribution < -0.4 is 5.43 Å². The Hall–Kier alpha value is -4.77. The standard InChI is InChI=1S/C27H28F2N4O11/c1-6-32-9-17(26(38)39)22(37)16-7-18(28)21(19(29)20(16)32)33-8-15(30-31-33)10-40-27-25(44-14(5)36)24(43-13(4)35)23(11(2)41-27)42-12(3)34/h7-9,11,23-25,27H,6,10H2,1-5H3,(H,38,39)/t11-,23-,24+,25+,27-/m0/s1. The number of aryl methyl sites for hydroxylation is 1. The normalized spacial score (nSPS) is 21.6. The lowest BCUT2D eigenvalue weighted by atomic mass is 9.99. The minimum atomic E-state index is -1.54. The number of carbonyl (C=O) groups is 4. The van der Waals surface area contributed by atoms with Crippen molar-refractivity contribution in [3.8, 4) is 5.69 Å². The quantitative estimate of drug-likeness (QED) is 0.268. The van der Waals surface area contributed by atoms with Crippen LogP contribution in [0.4, 0.5) is 8.78 Å². The van der Waals surface area contributed by atoms with Crippen molar-refractivity contribution < 1.29 is 56.7 Å². The number of hydrogen-bond acceptors (Lipinski definition) is 12. The number of ether oxygens (including phenoxy) is 5. The number of esters is 3. The van der Waals surface area contributed by atoms with Gasteiger partial charge in [-0.05, 0) is 19.9 Å². The molecule has 0 spiro atoms. The largest absolute Gasteiger partial charge is 0.477 e. The van der Waals surface area contributed by atoms with Crippen LogP contribution in [0.1, 0.15) is 50.7 Å². The summed E-state index contributed by atoms with van der Waals surface area (Å²) in [7, 11) is 0. The molecule has 15 nitrogen and oxygen atoms in total. The topological polar surface area (TPSA) is 187 Å². The second-order valence-corrected chi connectivity index (χ2v) is 9.78. The lowest BCUT2D eigenvalue weighted by molar-refractivity contribution is -0.303. The van der Waals surface area contributed by atoms with Gasteiger partial charge in [0.15, 0.2) is 36.2 Å². The van der Waals surface area contributed by atoms with E-state index in [1.54, 1.807) is 6.92 Å². The molecular formula is C27H28F2N4O11. The van der Waals surface area contributed by atoms with Gasteiger partial charge >= 0.3 is 23.9 Å². The van der Waals surface area contributed by atoms with Crippen LogP contribution in [0.5, 0.6) is 0 Å². The molecule has 0 saturated carbocycles. The number of pyridine rings is 1. The van der Waals surface area contributed by atoms with E-state index in [9.17, 15) is 29.1 Å². The Balaban J connectivity index is 1.65. The smallest absolute Gasteiger partial charge is 0.341 e. The third-order valence-corrected chi connectivity index (χ3v) is 6.60. The molecule has 2 aromatic heterocycles. The van der Waals surface area contributed by atoms with Gasteiger partial charge in [0, 0.05) is 33.5 Å². The van der Waals surface area contributed by atoms with Gasteiger partial charge in [0.1, 0.15) is 16.9 Å². The number of benzene rings is 1. The lowest BCUT2D eigenvalue weighted by Crippen LogP contribution is -2.61. The number of fused-ring (bicyclic) bond motifs is 1. The van der Waals surface area contributed by atoms with Crippen molar-refractivity contribution in [3.05, 3.63) is 51.6 Å².